The van der Waals surface area contributed by atoms with Gasteiger partial charge in [0.15, 0.2) is 0 Å². The second-order valence-corrected chi connectivity index (χ2v) is 15.1. The average molecular weight is 421 g/mol. The van der Waals surface area contributed by atoms with Crippen LogP contribution in [0.2, 0.25) is 25.7 Å². The van der Waals surface area contributed by atoms with Crippen LogP contribution in [0.5, 0.6) is 0 Å². The number of alkyl carbamates (subject to hydrolysis) is 1. The average Bonchev–Trinajstić information content (AvgIpc) is 2.93. The van der Waals surface area contributed by atoms with Crippen molar-refractivity contribution in [3.05, 3.63) is 29.6 Å². The maximum absolute atomic E-state index is 11.8. The van der Waals surface area contributed by atoms with Crippen molar-refractivity contribution in [2.75, 3.05) is 13.2 Å². The quantitative estimate of drug-likeness (QED) is 0.474. The number of imidazole rings is 1. The van der Waals surface area contributed by atoms with E-state index in [1.54, 1.807) is 0 Å². The first-order valence-electron chi connectivity index (χ1n) is 10.2. The number of benzene rings is 1. The highest BCUT2D eigenvalue weighted by Gasteiger charge is 2.16. The standard InChI is InChI=1S/C21H36N4O3Si/c1-21(2,3)28-20(26)23-10-9-16-7-8-18-17(13-16)24-19(14-22)25(18)15-27-11-12-29(4,5)6/h7-8,13H,9-12,14-15,22H2,1-6H3,(H,23,26). The second-order valence-electron chi connectivity index (χ2n) is 9.51. The van der Waals surface area contributed by atoms with E-state index >= 15 is 0 Å². The minimum absolute atomic E-state index is 0.363. The van der Waals surface area contributed by atoms with Crippen LogP contribution in [0.4, 0.5) is 4.79 Å². The second kappa shape index (κ2) is 9.73. The Morgan fingerprint density at radius 2 is 2.00 bits per heavy atom. The van der Waals surface area contributed by atoms with Gasteiger partial charge in [0.05, 0.1) is 17.6 Å². The molecule has 1 amide bonds. The molecule has 0 bridgehead atoms. The Morgan fingerprint density at radius 3 is 2.62 bits per heavy atom. The third kappa shape index (κ3) is 7.79. The van der Waals surface area contributed by atoms with Crippen molar-refractivity contribution in [2.45, 2.75) is 71.8 Å². The van der Waals surface area contributed by atoms with Gasteiger partial charge in [-0.05, 0) is 50.9 Å². The van der Waals surface area contributed by atoms with Gasteiger partial charge in [0.1, 0.15) is 18.2 Å². The topological polar surface area (TPSA) is 91.4 Å². The van der Waals surface area contributed by atoms with Crippen LogP contribution in [0.3, 0.4) is 0 Å². The van der Waals surface area contributed by atoms with E-state index in [1.165, 1.54) is 0 Å². The number of ether oxygens (including phenoxy) is 2. The van der Waals surface area contributed by atoms with Gasteiger partial charge in [0.2, 0.25) is 0 Å². The zero-order valence-electron chi connectivity index (χ0n) is 18.7. The van der Waals surface area contributed by atoms with E-state index in [4.69, 9.17) is 15.2 Å². The Bertz CT molecular complexity index is 822. The third-order valence-electron chi connectivity index (χ3n) is 4.37. The van der Waals surface area contributed by atoms with Crippen molar-refractivity contribution < 1.29 is 14.3 Å². The molecule has 1 aromatic heterocycles. The third-order valence-corrected chi connectivity index (χ3v) is 6.08. The summed E-state index contributed by atoms with van der Waals surface area (Å²) in [6.45, 7) is 14.7. The molecular weight excluding hydrogens is 384 g/mol. The molecule has 0 aliphatic carbocycles. The molecule has 0 aliphatic rings. The first-order chi connectivity index (χ1) is 13.5. The van der Waals surface area contributed by atoms with Crippen LogP contribution in [-0.4, -0.2) is 42.5 Å². The lowest BCUT2D eigenvalue weighted by Gasteiger charge is -2.19. The highest BCUT2D eigenvalue weighted by atomic mass is 28.3. The number of hydrogen-bond acceptors (Lipinski definition) is 5. The Morgan fingerprint density at radius 1 is 1.28 bits per heavy atom. The molecule has 162 valence electrons. The lowest BCUT2D eigenvalue weighted by atomic mass is 10.1. The van der Waals surface area contributed by atoms with E-state index < -0.39 is 19.8 Å². The van der Waals surface area contributed by atoms with Crippen molar-refractivity contribution >= 4 is 25.2 Å². The van der Waals surface area contributed by atoms with Gasteiger partial charge in [-0.2, -0.15) is 0 Å². The van der Waals surface area contributed by atoms with Crippen molar-refractivity contribution in [3.63, 3.8) is 0 Å². The first kappa shape index (κ1) is 23.4. The Balaban J connectivity index is 1.98. The Labute approximate surface area is 175 Å². The summed E-state index contributed by atoms with van der Waals surface area (Å²) < 4.78 is 13.2. The van der Waals surface area contributed by atoms with Crippen molar-refractivity contribution in [1.29, 1.82) is 0 Å². The minimum Gasteiger partial charge on any atom is -0.444 e. The summed E-state index contributed by atoms with van der Waals surface area (Å²) >= 11 is 0. The fourth-order valence-electron chi connectivity index (χ4n) is 2.84. The number of fused-ring (bicyclic) bond motifs is 1. The molecular formula is C21H36N4O3Si. The SMILES string of the molecule is CC(C)(C)OC(=O)NCCc1ccc2c(c1)nc(CN)n2COCC[Si](C)(C)C. The maximum atomic E-state index is 11.8. The Kier molecular flexibility index (Phi) is 7.84. The van der Waals surface area contributed by atoms with Gasteiger partial charge in [0.25, 0.3) is 0 Å². The molecule has 1 aromatic carbocycles. The molecule has 2 aromatic rings. The maximum Gasteiger partial charge on any atom is 0.407 e. The summed E-state index contributed by atoms with van der Waals surface area (Å²) in [4.78, 5) is 16.4. The fraction of sp³-hybridized carbons (Fsp3) is 0.619. The van der Waals surface area contributed by atoms with E-state index in [1.807, 2.05) is 37.5 Å². The van der Waals surface area contributed by atoms with Gasteiger partial charge in [-0.3, -0.25) is 0 Å². The lowest BCUT2D eigenvalue weighted by molar-refractivity contribution is 0.0528. The smallest absolute Gasteiger partial charge is 0.407 e. The summed E-state index contributed by atoms with van der Waals surface area (Å²) in [6.07, 6.45) is 0.302. The van der Waals surface area contributed by atoms with E-state index in [0.717, 1.165) is 35.1 Å². The molecule has 7 nitrogen and oxygen atoms in total. The molecule has 0 aliphatic heterocycles. The highest BCUT2D eigenvalue weighted by molar-refractivity contribution is 6.76. The number of hydrogen-bond donors (Lipinski definition) is 2. The summed E-state index contributed by atoms with van der Waals surface area (Å²) in [7, 11) is -1.11. The molecule has 0 spiro atoms. The van der Waals surface area contributed by atoms with Gasteiger partial charge in [-0.15, -0.1) is 0 Å². The van der Waals surface area contributed by atoms with Crippen LogP contribution in [0.15, 0.2) is 18.2 Å². The normalized spacial score (nSPS) is 12.4. The van der Waals surface area contributed by atoms with Gasteiger partial charge < -0.3 is 25.1 Å². The summed E-state index contributed by atoms with van der Waals surface area (Å²) in [5.41, 5.74) is 8.41. The van der Waals surface area contributed by atoms with E-state index in [9.17, 15) is 4.79 Å². The lowest BCUT2D eigenvalue weighted by Crippen LogP contribution is -2.33. The predicted octanol–water partition coefficient (Wildman–Crippen LogP) is 3.87. The monoisotopic (exact) mass is 420 g/mol. The van der Waals surface area contributed by atoms with Crippen LogP contribution < -0.4 is 11.1 Å². The summed E-state index contributed by atoms with van der Waals surface area (Å²) in [5.74, 6) is 0.817. The molecule has 0 radical (unpaired) electrons. The highest BCUT2D eigenvalue weighted by Crippen LogP contribution is 2.19. The number of nitrogens with two attached hydrogens (primary N) is 1. The van der Waals surface area contributed by atoms with Crippen molar-refractivity contribution in [2.24, 2.45) is 5.73 Å². The number of amides is 1. The van der Waals surface area contributed by atoms with E-state index in [0.29, 0.717) is 26.2 Å². The molecule has 1 heterocycles. The van der Waals surface area contributed by atoms with Gasteiger partial charge in [0, 0.05) is 21.2 Å². The van der Waals surface area contributed by atoms with Crippen molar-refractivity contribution in [1.82, 2.24) is 14.9 Å². The summed E-state index contributed by atoms with van der Waals surface area (Å²) in [5, 5.41) is 2.79. The van der Waals surface area contributed by atoms with E-state index in [-0.39, 0.29) is 0 Å². The molecule has 0 fully saturated rings. The van der Waals surface area contributed by atoms with Crippen molar-refractivity contribution in [3.8, 4) is 0 Å². The van der Waals surface area contributed by atoms with Gasteiger partial charge >= 0.3 is 6.09 Å². The molecule has 0 saturated heterocycles. The predicted molar refractivity (Wildman–Crippen MR) is 120 cm³/mol. The molecule has 0 atom stereocenters. The number of rotatable bonds is 9. The first-order valence-corrected chi connectivity index (χ1v) is 13.9. The van der Waals surface area contributed by atoms with Crippen LogP contribution in [-0.2, 0) is 29.2 Å². The van der Waals surface area contributed by atoms with Crippen LogP contribution in [0.25, 0.3) is 11.0 Å². The fourth-order valence-corrected chi connectivity index (χ4v) is 3.59. The van der Waals surface area contributed by atoms with Gasteiger partial charge in [-0.1, -0.05) is 25.7 Å². The zero-order valence-corrected chi connectivity index (χ0v) is 19.7. The molecule has 0 saturated carbocycles. The van der Waals surface area contributed by atoms with Crippen LogP contribution >= 0.6 is 0 Å². The minimum atomic E-state index is -1.11. The number of nitrogens with one attached hydrogen (secondary N) is 1. The largest absolute Gasteiger partial charge is 0.444 e. The summed E-state index contributed by atoms with van der Waals surface area (Å²) in [6, 6.07) is 7.28. The molecule has 0 unspecified atom stereocenters. The molecule has 2 rings (SSSR count). The van der Waals surface area contributed by atoms with Crippen LogP contribution in [0.1, 0.15) is 32.2 Å². The van der Waals surface area contributed by atoms with E-state index in [2.05, 4.69) is 36.0 Å². The molecule has 3 N–H and O–H groups in total. The van der Waals surface area contributed by atoms with Crippen LogP contribution in [0, 0.1) is 0 Å². The number of aromatic nitrogens is 2. The zero-order chi connectivity index (χ0) is 21.7. The molecule has 29 heavy (non-hydrogen) atoms. The number of carbonyl (C=O) groups is 1. The Hall–Kier alpha value is -1.90. The molecule has 8 heteroatoms. The number of carbonyl (C=O) groups excluding carboxylic acids is 1. The van der Waals surface area contributed by atoms with Gasteiger partial charge in [-0.25, -0.2) is 9.78 Å². The number of nitrogens with zero attached hydrogens (tertiary/aromatic N) is 2.